The molecule has 1 aliphatic carbocycles. The molecule has 1 aromatic carbocycles. The van der Waals surface area contributed by atoms with Gasteiger partial charge in [0.05, 0.1) is 5.75 Å². The lowest BCUT2D eigenvalue weighted by atomic mass is 9.87. The summed E-state index contributed by atoms with van der Waals surface area (Å²) in [5.41, 5.74) is 2.41. The van der Waals surface area contributed by atoms with E-state index in [0.29, 0.717) is 18.3 Å². The third kappa shape index (κ3) is 5.04. The van der Waals surface area contributed by atoms with E-state index in [-0.39, 0.29) is 11.3 Å². The summed E-state index contributed by atoms with van der Waals surface area (Å²) < 4.78 is 2.02. The van der Waals surface area contributed by atoms with Gasteiger partial charge in [0.2, 0.25) is 5.91 Å². The van der Waals surface area contributed by atoms with Crippen molar-refractivity contribution in [1.29, 1.82) is 0 Å². The van der Waals surface area contributed by atoms with E-state index < -0.39 is 0 Å². The number of amides is 1. The standard InChI is InChI=1S/C22H30N4OS/c1-5-14-26-20(16-10-12-17(13-11-16)22(2,3)4)24-25-21(26)28-15-19(27)23-18-8-6-7-9-18/h5,10-13,18H,1,6-9,14-15H2,2-4H3,(H,23,27). The van der Waals surface area contributed by atoms with Gasteiger partial charge >= 0.3 is 0 Å². The van der Waals surface area contributed by atoms with Crippen LogP contribution in [0.2, 0.25) is 0 Å². The quantitative estimate of drug-likeness (QED) is 0.548. The Hall–Kier alpha value is -2.08. The smallest absolute Gasteiger partial charge is 0.230 e. The highest BCUT2D eigenvalue weighted by atomic mass is 32.2. The van der Waals surface area contributed by atoms with Gasteiger partial charge in [0.1, 0.15) is 0 Å². The Labute approximate surface area is 172 Å². The number of hydrogen-bond donors (Lipinski definition) is 1. The molecule has 1 N–H and O–H groups in total. The van der Waals surface area contributed by atoms with Crippen LogP contribution < -0.4 is 5.32 Å². The Bertz CT molecular complexity index is 814. The number of rotatable bonds is 7. The fraction of sp³-hybridized carbons (Fsp3) is 0.500. The maximum atomic E-state index is 12.2. The molecule has 1 saturated carbocycles. The topological polar surface area (TPSA) is 59.8 Å². The van der Waals surface area contributed by atoms with E-state index in [1.54, 1.807) is 0 Å². The number of allylic oxidation sites excluding steroid dienone is 1. The number of nitrogens with zero attached hydrogens (tertiary/aromatic N) is 3. The molecule has 5 nitrogen and oxygen atoms in total. The van der Waals surface area contributed by atoms with Crippen LogP contribution in [-0.4, -0.2) is 32.5 Å². The Morgan fingerprint density at radius 1 is 1.25 bits per heavy atom. The minimum absolute atomic E-state index is 0.0705. The van der Waals surface area contributed by atoms with Crippen molar-refractivity contribution in [2.45, 2.75) is 69.6 Å². The molecule has 2 aromatic rings. The normalized spacial score (nSPS) is 15.0. The summed E-state index contributed by atoms with van der Waals surface area (Å²) >= 11 is 1.43. The highest BCUT2D eigenvalue weighted by Gasteiger charge is 2.19. The molecule has 28 heavy (non-hydrogen) atoms. The number of aromatic nitrogens is 3. The van der Waals surface area contributed by atoms with Gasteiger partial charge in [0, 0.05) is 18.2 Å². The Balaban J connectivity index is 1.72. The number of nitrogens with one attached hydrogen (secondary N) is 1. The largest absolute Gasteiger partial charge is 0.353 e. The zero-order chi connectivity index (χ0) is 20.1. The van der Waals surface area contributed by atoms with Crippen LogP contribution in [0.1, 0.15) is 52.0 Å². The summed E-state index contributed by atoms with van der Waals surface area (Å²) in [6, 6.07) is 8.81. The molecule has 1 aromatic heterocycles. The third-order valence-electron chi connectivity index (χ3n) is 5.09. The fourth-order valence-electron chi connectivity index (χ4n) is 3.49. The minimum Gasteiger partial charge on any atom is -0.353 e. The van der Waals surface area contributed by atoms with E-state index >= 15 is 0 Å². The first-order valence-corrected chi connectivity index (χ1v) is 10.9. The molecule has 3 rings (SSSR count). The maximum Gasteiger partial charge on any atom is 0.230 e. The van der Waals surface area contributed by atoms with E-state index in [2.05, 4.69) is 67.1 Å². The lowest BCUT2D eigenvalue weighted by molar-refractivity contribution is -0.119. The van der Waals surface area contributed by atoms with Crippen LogP contribution >= 0.6 is 11.8 Å². The molecule has 0 spiro atoms. The molecular weight excluding hydrogens is 368 g/mol. The van der Waals surface area contributed by atoms with E-state index in [1.165, 1.54) is 30.2 Å². The summed E-state index contributed by atoms with van der Waals surface area (Å²) in [7, 11) is 0. The van der Waals surface area contributed by atoms with Gasteiger partial charge in [-0.25, -0.2) is 0 Å². The van der Waals surface area contributed by atoms with Crippen molar-refractivity contribution >= 4 is 17.7 Å². The zero-order valence-electron chi connectivity index (χ0n) is 17.1. The highest BCUT2D eigenvalue weighted by molar-refractivity contribution is 7.99. The summed E-state index contributed by atoms with van der Waals surface area (Å²) in [6.45, 7) is 11.1. The van der Waals surface area contributed by atoms with Crippen molar-refractivity contribution in [3.05, 3.63) is 42.5 Å². The van der Waals surface area contributed by atoms with Gasteiger partial charge < -0.3 is 5.32 Å². The van der Waals surface area contributed by atoms with Crippen LogP contribution in [0.15, 0.2) is 42.1 Å². The molecule has 6 heteroatoms. The molecule has 0 saturated heterocycles. The Morgan fingerprint density at radius 2 is 1.93 bits per heavy atom. The molecule has 0 radical (unpaired) electrons. The highest BCUT2D eigenvalue weighted by Crippen LogP contribution is 2.28. The second-order valence-corrected chi connectivity index (χ2v) is 9.31. The molecular formula is C22H30N4OS. The minimum atomic E-state index is 0.0705. The van der Waals surface area contributed by atoms with Crippen molar-refractivity contribution in [2.24, 2.45) is 0 Å². The number of carbonyl (C=O) groups excluding carboxylic acids is 1. The molecule has 0 aliphatic heterocycles. The SMILES string of the molecule is C=CCn1c(SCC(=O)NC2CCCC2)nnc1-c1ccc(C(C)(C)C)cc1. The van der Waals surface area contributed by atoms with Crippen LogP contribution in [0.5, 0.6) is 0 Å². The summed E-state index contributed by atoms with van der Waals surface area (Å²) in [5, 5.41) is 12.6. The van der Waals surface area contributed by atoms with E-state index in [9.17, 15) is 4.79 Å². The molecule has 150 valence electrons. The fourth-order valence-corrected chi connectivity index (χ4v) is 4.25. The van der Waals surface area contributed by atoms with Crippen LogP contribution in [0, 0.1) is 0 Å². The van der Waals surface area contributed by atoms with Gasteiger partial charge in [-0.2, -0.15) is 0 Å². The molecule has 0 atom stereocenters. The van der Waals surface area contributed by atoms with Crippen LogP contribution in [0.3, 0.4) is 0 Å². The van der Waals surface area contributed by atoms with Crippen molar-refractivity contribution in [3.8, 4) is 11.4 Å². The van der Waals surface area contributed by atoms with Gasteiger partial charge in [-0.05, 0) is 23.8 Å². The van der Waals surface area contributed by atoms with Crippen LogP contribution in [-0.2, 0) is 16.8 Å². The van der Waals surface area contributed by atoms with Crippen molar-refractivity contribution in [2.75, 3.05) is 5.75 Å². The van der Waals surface area contributed by atoms with E-state index in [1.807, 2.05) is 10.6 Å². The lowest BCUT2D eigenvalue weighted by Crippen LogP contribution is -2.33. The predicted octanol–water partition coefficient (Wildman–Crippen LogP) is 4.58. The first-order valence-electron chi connectivity index (χ1n) is 9.95. The number of benzene rings is 1. The van der Waals surface area contributed by atoms with Gasteiger partial charge in [-0.3, -0.25) is 9.36 Å². The first kappa shape index (κ1) is 20.6. The number of thioether (sulfide) groups is 1. The third-order valence-corrected chi connectivity index (χ3v) is 6.06. The van der Waals surface area contributed by atoms with Gasteiger partial charge in [-0.1, -0.05) is 75.7 Å². The molecule has 1 heterocycles. The summed E-state index contributed by atoms with van der Waals surface area (Å²) in [6.07, 6.45) is 6.45. The molecule has 1 fully saturated rings. The van der Waals surface area contributed by atoms with E-state index in [4.69, 9.17) is 0 Å². The number of hydrogen-bond acceptors (Lipinski definition) is 4. The average molecular weight is 399 g/mol. The molecule has 0 unspecified atom stereocenters. The van der Waals surface area contributed by atoms with Gasteiger partial charge in [0.25, 0.3) is 0 Å². The second-order valence-electron chi connectivity index (χ2n) is 8.37. The predicted molar refractivity (Wildman–Crippen MR) is 115 cm³/mol. The van der Waals surface area contributed by atoms with Crippen LogP contribution in [0.4, 0.5) is 0 Å². The molecule has 1 aliphatic rings. The Morgan fingerprint density at radius 3 is 2.54 bits per heavy atom. The number of carbonyl (C=O) groups is 1. The van der Waals surface area contributed by atoms with Crippen molar-refractivity contribution < 1.29 is 4.79 Å². The maximum absolute atomic E-state index is 12.2. The summed E-state index contributed by atoms with van der Waals surface area (Å²) in [5.74, 6) is 1.23. The first-order chi connectivity index (χ1) is 13.4. The molecule has 0 bridgehead atoms. The molecule has 1 amide bonds. The van der Waals surface area contributed by atoms with Gasteiger partial charge in [0.15, 0.2) is 11.0 Å². The van der Waals surface area contributed by atoms with Crippen molar-refractivity contribution in [3.63, 3.8) is 0 Å². The lowest BCUT2D eigenvalue weighted by Gasteiger charge is -2.19. The van der Waals surface area contributed by atoms with E-state index in [0.717, 1.165) is 29.4 Å². The van der Waals surface area contributed by atoms with Crippen LogP contribution in [0.25, 0.3) is 11.4 Å². The average Bonchev–Trinajstić information content (AvgIpc) is 3.30. The summed E-state index contributed by atoms with van der Waals surface area (Å²) in [4.78, 5) is 12.2. The zero-order valence-corrected chi connectivity index (χ0v) is 17.9. The monoisotopic (exact) mass is 398 g/mol. The van der Waals surface area contributed by atoms with Gasteiger partial charge in [-0.15, -0.1) is 16.8 Å². The second kappa shape index (κ2) is 8.95. The Kier molecular flexibility index (Phi) is 6.60. The van der Waals surface area contributed by atoms with Crippen molar-refractivity contribution in [1.82, 2.24) is 20.1 Å².